The average Bonchev–Trinajstić information content (AvgIpc) is 2.72. The van der Waals surface area contributed by atoms with E-state index < -0.39 is 23.3 Å². The molecular weight excluding hydrogens is 398 g/mol. The van der Waals surface area contributed by atoms with Crippen molar-refractivity contribution in [2.45, 2.75) is 76.2 Å². The van der Waals surface area contributed by atoms with Gasteiger partial charge in [0.2, 0.25) is 17.7 Å². The number of imide groups is 2. The number of nitrogens with two attached hydrogens (primary N) is 1. The maximum absolute atomic E-state index is 12.9. The van der Waals surface area contributed by atoms with E-state index in [9.17, 15) is 19.2 Å². The Hall–Kier alpha value is -2.84. The lowest BCUT2D eigenvalue weighted by atomic mass is 9.47. The average molecular weight is 428 g/mol. The van der Waals surface area contributed by atoms with Crippen LogP contribution in [0.5, 0.6) is 0 Å². The normalized spacial score (nSPS) is 31.1. The number of hydrogen-bond donors (Lipinski definition) is 1. The summed E-state index contributed by atoms with van der Waals surface area (Å²) in [6.07, 6.45) is 10.3. The van der Waals surface area contributed by atoms with E-state index in [-0.39, 0.29) is 23.8 Å². The highest BCUT2D eigenvalue weighted by molar-refractivity contribution is 6.14. The summed E-state index contributed by atoms with van der Waals surface area (Å²) in [7, 11) is 0. The Kier molecular flexibility index (Phi) is 5.53. The van der Waals surface area contributed by atoms with Gasteiger partial charge in [0, 0.05) is 31.2 Å². The number of carbonyl (C=O) groups is 4. The summed E-state index contributed by atoms with van der Waals surface area (Å²) in [5.41, 5.74) is 5.55. The minimum atomic E-state index is -0.790. The SMILES string of the molecule is CCCCN1C(=O)CC(=O)N(C2CCC3(CC2)CC(C(N)=O)(c2cnccn2)C3)C1=O. The van der Waals surface area contributed by atoms with Crippen molar-refractivity contribution in [3.05, 3.63) is 24.3 Å². The molecule has 9 nitrogen and oxygen atoms in total. The molecule has 2 heterocycles. The van der Waals surface area contributed by atoms with E-state index in [1.807, 2.05) is 6.92 Å². The maximum atomic E-state index is 12.9. The lowest BCUT2D eigenvalue weighted by Crippen LogP contribution is -2.62. The maximum Gasteiger partial charge on any atom is 0.333 e. The summed E-state index contributed by atoms with van der Waals surface area (Å²) in [6.45, 7) is 2.35. The second kappa shape index (κ2) is 8.01. The first-order chi connectivity index (χ1) is 14.8. The van der Waals surface area contributed by atoms with E-state index in [1.54, 1.807) is 18.6 Å². The number of aromatic nitrogens is 2. The Morgan fingerprint density at radius 3 is 2.45 bits per heavy atom. The molecule has 1 aromatic rings. The number of urea groups is 1. The lowest BCUT2D eigenvalue weighted by molar-refractivity contribution is -0.145. The monoisotopic (exact) mass is 427 g/mol. The van der Waals surface area contributed by atoms with Crippen molar-refractivity contribution in [2.24, 2.45) is 11.1 Å². The van der Waals surface area contributed by atoms with Gasteiger partial charge in [0.05, 0.1) is 11.1 Å². The zero-order valence-electron chi connectivity index (χ0n) is 17.9. The minimum absolute atomic E-state index is 0.0390. The van der Waals surface area contributed by atoms with Crippen molar-refractivity contribution in [2.75, 3.05) is 6.54 Å². The van der Waals surface area contributed by atoms with Crippen molar-refractivity contribution >= 4 is 23.8 Å². The van der Waals surface area contributed by atoms with Gasteiger partial charge in [-0.15, -0.1) is 0 Å². The molecule has 31 heavy (non-hydrogen) atoms. The molecule has 0 unspecified atom stereocenters. The van der Waals surface area contributed by atoms with Gasteiger partial charge in [-0.1, -0.05) is 13.3 Å². The smallest absolute Gasteiger partial charge is 0.333 e. The number of nitrogens with zero attached hydrogens (tertiary/aromatic N) is 4. The van der Waals surface area contributed by atoms with Crippen molar-refractivity contribution in [3.63, 3.8) is 0 Å². The largest absolute Gasteiger partial charge is 0.369 e. The van der Waals surface area contributed by atoms with Crippen LogP contribution in [0, 0.1) is 5.41 Å². The molecule has 0 radical (unpaired) electrons. The van der Waals surface area contributed by atoms with Crippen LogP contribution >= 0.6 is 0 Å². The zero-order valence-corrected chi connectivity index (χ0v) is 17.9. The Balaban J connectivity index is 1.43. The quantitative estimate of drug-likeness (QED) is 0.691. The molecule has 1 aromatic heterocycles. The second-order valence-electron chi connectivity index (χ2n) is 9.24. The van der Waals surface area contributed by atoms with Crippen LogP contribution in [0.15, 0.2) is 18.6 Å². The van der Waals surface area contributed by atoms with Crippen LogP contribution in [-0.4, -0.2) is 56.1 Å². The van der Waals surface area contributed by atoms with E-state index >= 15 is 0 Å². The molecule has 0 atom stereocenters. The predicted octanol–water partition coefficient (Wildman–Crippen LogP) is 1.90. The highest BCUT2D eigenvalue weighted by Crippen LogP contribution is 2.61. The fourth-order valence-electron chi connectivity index (χ4n) is 5.63. The van der Waals surface area contributed by atoms with Crippen molar-refractivity contribution in [1.82, 2.24) is 19.8 Å². The van der Waals surface area contributed by atoms with Crippen molar-refractivity contribution < 1.29 is 19.2 Å². The fraction of sp³-hybridized carbons (Fsp3) is 0.636. The summed E-state index contributed by atoms with van der Waals surface area (Å²) >= 11 is 0. The molecule has 2 saturated carbocycles. The van der Waals surface area contributed by atoms with E-state index in [0.29, 0.717) is 37.9 Å². The topological polar surface area (TPSA) is 127 Å². The standard InChI is InChI=1S/C22H29N5O4/c1-2-3-10-26-17(28)11-18(29)27(20(26)31)15-4-6-21(7-5-15)13-22(14-21,19(23)30)16-12-24-8-9-25-16/h8-9,12,15H,2-7,10-11,13-14H2,1H3,(H2,23,30). The fourth-order valence-corrected chi connectivity index (χ4v) is 5.63. The van der Waals surface area contributed by atoms with Gasteiger partial charge < -0.3 is 5.73 Å². The van der Waals surface area contributed by atoms with Crippen molar-refractivity contribution in [3.8, 4) is 0 Å². The summed E-state index contributed by atoms with van der Waals surface area (Å²) < 4.78 is 0. The number of barbiturate groups is 1. The highest BCUT2D eigenvalue weighted by atomic mass is 16.2. The van der Waals surface area contributed by atoms with Gasteiger partial charge in [0.15, 0.2) is 0 Å². The summed E-state index contributed by atoms with van der Waals surface area (Å²) in [6, 6.07) is -0.682. The Bertz CT molecular complexity index is 886. The summed E-state index contributed by atoms with van der Waals surface area (Å²) in [5.74, 6) is -1.18. The Morgan fingerprint density at radius 2 is 1.87 bits per heavy atom. The van der Waals surface area contributed by atoms with Gasteiger partial charge >= 0.3 is 6.03 Å². The molecule has 3 aliphatic rings. The van der Waals surface area contributed by atoms with Gasteiger partial charge in [-0.05, 0) is 50.4 Å². The lowest BCUT2D eigenvalue weighted by Gasteiger charge is -2.57. The van der Waals surface area contributed by atoms with Gasteiger partial charge in [-0.2, -0.15) is 0 Å². The van der Waals surface area contributed by atoms with E-state index in [2.05, 4.69) is 9.97 Å². The number of amides is 5. The van der Waals surface area contributed by atoms with Crippen LogP contribution in [0.1, 0.15) is 70.4 Å². The molecule has 2 aliphatic carbocycles. The predicted molar refractivity (Wildman–Crippen MR) is 110 cm³/mol. The summed E-state index contributed by atoms with van der Waals surface area (Å²) in [4.78, 5) is 60.9. The van der Waals surface area contributed by atoms with Gasteiger partial charge in [0.1, 0.15) is 6.42 Å². The van der Waals surface area contributed by atoms with Crippen LogP contribution in [0.3, 0.4) is 0 Å². The van der Waals surface area contributed by atoms with Crippen molar-refractivity contribution in [1.29, 1.82) is 0 Å². The first-order valence-electron chi connectivity index (χ1n) is 11.0. The molecule has 1 saturated heterocycles. The number of unbranched alkanes of at least 4 members (excludes halogenated alkanes) is 1. The molecule has 2 N–H and O–H groups in total. The van der Waals surface area contributed by atoms with Crippen LogP contribution in [0.25, 0.3) is 0 Å². The molecule has 3 fully saturated rings. The minimum Gasteiger partial charge on any atom is -0.369 e. The number of rotatable bonds is 6. The molecule has 0 bridgehead atoms. The highest BCUT2D eigenvalue weighted by Gasteiger charge is 2.60. The first-order valence-corrected chi connectivity index (χ1v) is 11.0. The first kappa shape index (κ1) is 21.4. The van der Waals surface area contributed by atoms with Crippen LogP contribution in [0.4, 0.5) is 4.79 Å². The van der Waals surface area contributed by atoms with E-state index in [1.165, 1.54) is 9.80 Å². The number of hydrogen-bond acceptors (Lipinski definition) is 6. The number of carbonyl (C=O) groups excluding carboxylic acids is 4. The molecule has 1 spiro atoms. The molecule has 4 rings (SSSR count). The molecule has 1 aliphatic heterocycles. The molecule has 9 heteroatoms. The third-order valence-electron chi connectivity index (χ3n) is 7.30. The van der Waals surface area contributed by atoms with Crippen LogP contribution in [0.2, 0.25) is 0 Å². The second-order valence-corrected chi connectivity index (χ2v) is 9.24. The van der Waals surface area contributed by atoms with Crippen LogP contribution < -0.4 is 5.73 Å². The zero-order chi connectivity index (χ0) is 22.2. The van der Waals surface area contributed by atoms with Gasteiger partial charge in [-0.3, -0.25) is 34.2 Å². The molecule has 0 aromatic carbocycles. The van der Waals surface area contributed by atoms with E-state index in [0.717, 1.165) is 25.7 Å². The number of primary amides is 1. The molecule has 5 amide bonds. The molecule has 166 valence electrons. The summed E-state index contributed by atoms with van der Waals surface area (Å²) in [5, 5.41) is 0. The van der Waals surface area contributed by atoms with E-state index in [4.69, 9.17) is 5.73 Å². The molecular formula is C22H29N5O4. The third kappa shape index (κ3) is 3.59. The van der Waals surface area contributed by atoms with Gasteiger partial charge in [-0.25, -0.2) is 4.79 Å². The Morgan fingerprint density at radius 1 is 1.16 bits per heavy atom. The van der Waals surface area contributed by atoms with Gasteiger partial charge in [0.25, 0.3) is 0 Å². The van der Waals surface area contributed by atoms with Crippen LogP contribution in [-0.2, 0) is 19.8 Å². The third-order valence-corrected chi connectivity index (χ3v) is 7.30. The Labute approximate surface area is 181 Å².